The zero-order chi connectivity index (χ0) is 17.4. The first-order valence-corrected chi connectivity index (χ1v) is 9.93. The van der Waals surface area contributed by atoms with Gasteiger partial charge in [-0.05, 0) is 31.5 Å². The first kappa shape index (κ1) is 16.6. The molecule has 25 heavy (non-hydrogen) atoms. The van der Waals surface area contributed by atoms with E-state index in [1.807, 2.05) is 41.6 Å². The van der Waals surface area contributed by atoms with Gasteiger partial charge in [0.15, 0.2) is 10.9 Å². The highest BCUT2D eigenvalue weighted by atomic mass is 79.9. The molecule has 0 bridgehead atoms. The van der Waals surface area contributed by atoms with Crippen LogP contribution in [0.1, 0.15) is 22.5 Å². The summed E-state index contributed by atoms with van der Waals surface area (Å²) in [6.45, 7) is 5.08. The predicted octanol–water partition coefficient (Wildman–Crippen LogP) is 4.31. The lowest BCUT2D eigenvalue weighted by Gasteiger charge is -2.21. The Hall–Kier alpha value is -1.86. The van der Waals surface area contributed by atoms with E-state index in [-0.39, 0.29) is 5.91 Å². The van der Waals surface area contributed by atoms with E-state index >= 15 is 0 Å². The lowest BCUT2D eigenvalue weighted by atomic mass is 10.1. The molecule has 0 N–H and O–H groups in total. The first-order valence-electron chi connectivity index (χ1n) is 8.26. The van der Waals surface area contributed by atoms with E-state index < -0.39 is 0 Å². The smallest absolute Gasteiger partial charge is 0.289 e. The van der Waals surface area contributed by atoms with Crippen LogP contribution in [0, 0.1) is 6.92 Å². The van der Waals surface area contributed by atoms with Crippen molar-refractivity contribution in [2.45, 2.75) is 13.3 Å². The van der Waals surface area contributed by atoms with E-state index in [0.717, 1.165) is 52.2 Å². The molecule has 7 heteroatoms. The molecule has 3 heterocycles. The van der Waals surface area contributed by atoms with Crippen LogP contribution >= 0.6 is 27.3 Å². The van der Waals surface area contributed by atoms with Crippen molar-refractivity contribution < 1.29 is 9.21 Å². The fourth-order valence-corrected chi connectivity index (χ4v) is 4.28. The van der Waals surface area contributed by atoms with Gasteiger partial charge in [-0.2, -0.15) is 0 Å². The third kappa shape index (κ3) is 3.18. The second-order valence-corrected chi connectivity index (χ2v) is 7.93. The minimum Gasteiger partial charge on any atom is -0.451 e. The highest BCUT2D eigenvalue weighted by Gasteiger charge is 2.26. The molecule has 0 atom stereocenters. The number of thiazole rings is 1. The molecule has 130 valence electrons. The van der Waals surface area contributed by atoms with Crippen LogP contribution in [0.4, 0.5) is 5.13 Å². The van der Waals surface area contributed by atoms with Gasteiger partial charge in [-0.15, -0.1) is 11.3 Å². The van der Waals surface area contributed by atoms with Gasteiger partial charge in [-0.25, -0.2) is 4.98 Å². The van der Waals surface area contributed by atoms with Crippen molar-refractivity contribution in [1.29, 1.82) is 0 Å². The summed E-state index contributed by atoms with van der Waals surface area (Å²) in [6.07, 6.45) is 2.75. The van der Waals surface area contributed by atoms with Crippen molar-refractivity contribution in [2.24, 2.45) is 0 Å². The number of fused-ring (bicyclic) bond motifs is 1. The van der Waals surface area contributed by atoms with E-state index in [2.05, 4.69) is 25.8 Å². The maximum absolute atomic E-state index is 13.0. The number of nitrogens with zero attached hydrogens (tertiary/aromatic N) is 3. The molecule has 1 fully saturated rings. The number of aromatic nitrogens is 1. The Morgan fingerprint density at radius 3 is 2.96 bits per heavy atom. The van der Waals surface area contributed by atoms with Crippen LogP contribution in [-0.4, -0.2) is 42.0 Å². The van der Waals surface area contributed by atoms with Crippen LogP contribution in [-0.2, 0) is 0 Å². The molecular weight excluding hydrogens is 402 g/mol. The van der Waals surface area contributed by atoms with Crippen LogP contribution in [0.2, 0.25) is 0 Å². The van der Waals surface area contributed by atoms with E-state index in [1.165, 1.54) is 0 Å². The number of carbonyl (C=O) groups is 1. The van der Waals surface area contributed by atoms with Crippen molar-refractivity contribution in [3.05, 3.63) is 45.6 Å². The summed E-state index contributed by atoms with van der Waals surface area (Å²) in [5, 5.41) is 4.00. The van der Waals surface area contributed by atoms with Gasteiger partial charge in [0.2, 0.25) is 0 Å². The third-order valence-electron chi connectivity index (χ3n) is 4.57. The lowest BCUT2D eigenvalue weighted by molar-refractivity contribution is 0.0736. The summed E-state index contributed by atoms with van der Waals surface area (Å²) >= 11 is 5.12. The SMILES string of the molecule is Cc1c(C(=O)N2CCCN(c3nccs3)CC2)oc2ccc(Br)cc12. The zero-order valence-corrected chi connectivity index (χ0v) is 16.3. The van der Waals surface area contributed by atoms with E-state index in [9.17, 15) is 4.79 Å². The summed E-state index contributed by atoms with van der Waals surface area (Å²) in [5.74, 6) is 0.432. The van der Waals surface area contributed by atoms with Gasteiger partial charge in [0.1, 0.15) is 5.58 Å². The Kier molecular flexibility index (Phi) is 4.52. The van der Waals surface area contributed by atoms with Crippen molar-refractivity contribution >= 4 is 49.3 Å². The van der Waals surface area contributed by atoms with Crippen LogP contribution in [0.25, 0.3) is 11.0 Å². The standard InChI is InChI=1S/C18H18BrN3O2S/c1-12-14-11-13(19)3-4-15(14)24-16(12)17(23)21-6-2-7-22(9-8-21)18-20-5-10-25-18/h3-5,10-11H,2,6-9H2,1H3. The van der Waals surface area contributed by atoms with Gasteiger partial charge in [-0.1, -0.05) is 15.9 Å². The minimum atomic E-state index is -0.0224. The number of aryl methyl sites for hydroxylation is 1. The van der Waals surface area contributed by atoms with E-state index in [0.29, 0.717) is 12.3 Å². The van der Waals surface area contributed by atoms with Gasteiger partial charge in [-0.3, -0.25) is 4.79 Å². The largest absolute Gasteiger partial charge is 0.451 e. The molecule has 4 rings (SSSR count). The Morgan fingerprint density at radius 2 is 2.16 bits per heavy atom. The van der Waals surface area contributed by atoms with E-state index in [4.69, 9.17) is 4.42 Å². The van der Waals surface area contributed by atoms with Gasteiger partial charge in [0.25, 0.3) is 5.91 Å². The Morgan fingerprint density at radius 1 is 1.28 bits per heavy atom. The molecule has 0 aliphatic carbocycles. The number of anilines is 1. The molecule has 0 unspecified atom stereocenters. The summed E-state index contributed by atoms with van der Waals surface area (Å²) in [7, 11) is 0. The normalized spacial score (nSPS) is 15.6. The molecule has 1 aliphatic heterocycles. The molecule has 3 aromatic rings. The summed E-state index contributed by atoms with van der Waals surface area (Å²) in [5.41, 5.74) is 1.66. The van der Waals surface area contributed by atoms with Gasteiger partial charge >= 0.3 is 0 Å². The number of benzene rings is 1. The van der Waals surface area contributed by atoms with Crippen molar-refractivity contribution in [1.82, 2.24) is 9.88 Å². The topological polar surface area (TPSA) is 49.6 Å². The molecule has 1 saturated heterocycles. The number of furan rings is 1. The van der Waals surface area contributed by atoms with Crippen LogP contribution in [0.3, 0.4) is 0 Å². The van der Waals surface area contributed by atoms with Crippen LogP contribution in [0.15, 0.2) is 38.7 Å². The molecule has 1 aromatic carbocycles. The Bertz CT molecular complexity index is 907. The Balaban J connectivity index is 1.56. The molecule has 1 aliphatic rings. The maximum Gasteiger partial charge on any atom is 0.289 e. The fraction of sp³-hybridized carbons (Fsp3) is 0.333. The second kappa shape index (κ2) is 6.80. The quantitative estimate of drug-likeness (QED) is 0.620. The predicted molar refractivity (Wildman–Crippen MR) is 103 cm³/mol. The highest BCUT2D eigenvalue weighted by molar-refractivity contribution is 9.10. The number of hydrogen-bond acceptors (Lipinski definition) is 5. The Labute approximate surface area is 158 Å². The average molecular weight is 420 g/mol. The summed E-state index contributed by atoms with van der Waals surface area (Å²) < 4.78 is 6.86. The second-order valence-electron chi connectivity index (χ2n) is 6.14. The molecule has 0 radical (unpaired) electrons. The molecule has 2 aromatic heterocycles. The van der Waals surface area contributed by atoms with Gasteiger partial charge < -0.3 is 14.2 Å². The average Bonchev–Trinajstić information content (AvgIpc) is 3.17. The van der Waals surface area contributed by atoms with Crippen molar-refractivity contribution in [3.63, 3.8) is 0 Å². The molecule has 5 nitrogen and oxygen atoms in total. The molecule has 0 saturated carbocycles. The van der Waals surface area contributed by atoms with Gasteiger partial charge in [0.05, 0.1) is 0 Å². The number of halogens is 1. The first-order chi connectivity index (χ1) is 12.1. The number of carbonyl (C=O) groups excluding carboxylic acids is 1. The van der Waals surface area contributed by atoms with Crippen molar-refractivity contribution in [2.75, 3.05) is 31.1 Å². The molecule has 1 amide bonds. The zero-order valence-electron chi connectivity index (χ0n) is 13.9. The van der Waals surface area contributed by atoms with Crippen LogP contribution in [0.5, 0.6) is 0 Å². The van der Waals surface area contributed by atoms with E-state index in [1.54, 1.807) is 11.3 Å². The van der Waals surface area contributed by atoms with Crippen molar-refractivity contribution in [3.8, 4) is 0 Å². The third-order valence-corrected chi connectivity index (χ3v) is 5.89. The number of amides is 1. The highest BCUT2D eigenvalue weighted by Crippen LogP contribution is 2.29. The summed E-state index contributed by atoms with van der Waals surface area (Å²) in [4.78, 5) is 21.5. The van der Waals surface area contributed by atoms with Gasteiger partial charge in [0, 0.05) is 53.2 Å². The monoisotopic (exact) mass is 419 g/mol. The molecular formula is C18H18BrN3O2S. The summed E-state index contributed by atoms with van der Waals surface area (Å²) in [6, 6.07) is 5.82. The molecule has 0 spiro atoms. The number of rotatable bonds is 2. The minimum absolute atomic E-state index is 0.0224. The van der Waals surface area contributed by atoms with Crippen LogP contribution < -0.4 is 4.90 Å². The maximum atomic E-state index is 13.0. The number of hydrogen-bond donors (Lipinski definition) is 0. The fourth-order valence-electron chi connectivity index (χ4n) is 3.22. The lowest BCUT2D eigenvalue weighted by Crippen LogP contribution is -2.35.